The number of hydrogen-bond acceptors (Lipinski definition) is 2. The van der Waals surface area contributed by atoms with Crippen LogP contribution in [-0.2, 0) is 6.54 Å². The van der Waals surface area contributed by atoms with Gasteiger partial charge in [-0.3, -0.25) is 0 Å². The minimum atomic E-state index is -0.241. The summed E-state index contributed by atoms with van der Waals surface area (Å²) in [7, 11) is 1.65. The molecule has 0 spiro atoms. The molecule has 4 heteroatoms. The maximum Gasteiger partial charge on any atom is 0.145 e. The Balaban J connectivity index is 2.36. The van der Waals surface area contributed by atoms with E-state index in [4.69, 9.17) is 4.74 Å². The molecule has 21 heavy (non-hydrogen) atoms. The molecule has 0 radical (unpaired) electrons. The van der Waals surface area contributed by atoms with E-state index >= 15 is 0 Å². The van der Waals surface area contributed by atoms with Crippen LogP contribution in [0.15, 0.2) is 40.9 Å². The quantitative estimate of drug-likeness (QED) is 0.757. The molecule has 0 bridgehead atoms. The normalized spacial score (nSPS) is 10.7. The Hall–Kier alpha value is -1.39. The second-order valence-corrected chi connectivity index (χ2v) is 5.66. The molecule has 1 N–H and O–H groups in total. The molecule has 0 unspecified atom stereocenters. The highest BCUT2D eigenvalue weighted by atomic mass is 79.9. The van der Waals surface area contributed by atoms with Crippen molar-refractivity contribution in [3.63, 3.8) is 0 Å². The van der Waals surface area contributed by atoms with Crippen molar-refractivity contribution >= 4 is 15.9 Å². The zero-order valence-corrected chi connectivity index (χ0v) is 13.8. The summed E-state index contributed by atoms with van der Waals surface area (Å²) in [5.41, 5.74) is 2.47. The van der Waals surface area contributed by atoms with Gasteiger partial charge in [-0.05, 0) is 52.7 Å². The lowest BCUT2D eigenvalue weighted by Crippen LogP contribution is -2.14. The molecular formula is C17H19BrFNO. The van der Waals surface area contributed by atoms with E-state index < -0.39 is 0 Å². The summed E-state index contributed by atoms with van der Waals surface area (Å²) in [6.07, 6.45) is 1.07. The minimum Gasteiger partial charge on any atom is -0.496 e. The molecule has 0 aliphatic carbocycles. The fraction of sp³-hybridized carbons (Fsp3) is 0.294. The predicted octanol–water partition coefficient (Wildman–Crippen LogP) is 4.76. The van der Waals surface area contributed by atoms with Crippen LogP contribution < -0.4 is 10.1 Å². The number of ether oxygens (including phenoxy) is 1. The Morgan fingerprint density at radius 3 is 2.76 bits per heavy atom. The number of benzene rings is 2. The zero-order chi connectivity index (χ0) is 15.2. The SMILES string of the molecule is CCCNCc1cc(-c2cccc(Br)c2F)ccc1OC. The van der Waals surface area contributed by atoms with Crippen molar-refractivity contribution in [1.82, 2.24) is 5.32 Å². The average Bonchev–Trinajstić information content (AvgIpc) is 2.50. The molecule has 0 amide bonds. The summed E-state index contributed by atoms with van der Waals surface area (Å²) in [5, 5.41) is 3.35. The molecule has 0 heterocycles. The topological polar surface area (TPSA) is 21.3 Å². The Kier molecular flexibility index (Phi) is 5.76. The van der Waals surface area contributed by atoms with E-state index in [-0.39, 0.29) is 5.82 Å². The van der Waals surface area contributed by atoms with Crippen molar-refractivity contribution in [2.45, 2.75) is 19.9 Å². The summed E-state index contributed by atoms with van der Waals surface area (Å²) < 4.78 is 20.1. The van der Waals surface area contributed by atoms with Crippen LogP contribution in [-0.4, -0.2) is 13.7 Å². The summed E-state index contributed by atoms with van der Waals surface area (Å²) in [6.45, 7) is 3.77. The third kappa shape index (κ3) is 3.83. The van der Waals surface area contributed by atoms with Crippen molar-refractivity contribution in [3.05, 3.63) is 52.3 Å². The second kappa shape index (κ2) is 7.57. The first-order valence-electron chi connectivity index (χ1n) is 6.99. The molecule has 0 fully saturated rings. The summed E-state index contributed by atoms with van der Waals surface area (Å²) >= 11 is 3.23. The Labute approximate surface area is 133 Å². The summed E-state index contributed by atoms with van der Waals surface area (Å²) in [4.78, 5) is 0. The Bertz CT molecular complexity index is 616. The van der Waals surface area contributed by atoms with E-state index in [0.717, 1.165) is 29.8 Å². The van der Waals surface area contributed by atoms with Gasteiger partial charge >= 0.3 is 0 Å². The standard InChI is InChI=1S/C17H19BrFNO/c1-3-9-20-11-13-10-12(7-8-16(13)21-2)14-5-4-6-15(18)17(14)19/h4-8,10,20H,3,9,11H2,1-2H3. The molecule has 2 aromatic rings. The summed E-state index contributed by atoms with van der Waals surface area (Å²) in [6, 6.07) is 11.1. The molecule has 2 rings (SSSR count). The molecule has 0 aliphatic heterocycles. The molecule has 0 saturated heterocycles. The van der Waals surface area contributed by atoms with Crippen molar-refractivity contribution in [2.75, 3.05) is 13.7 Å². The minimum absolute atomic E-state index is 0.241. The van der Waals surface area contributed by atoms with Gasteiger partial charge < -0.3 is 10.1 Å². The molecule has 0 atom stereocenters. The number of halogens is 2. The van der Waals surface area contributed by atoms with E-state index in [1.54, 1.807) is 19.2 Å². The van der Waals surface area contributed by atoms with Crippen molar-refractivity contribution in [2.24, 2.45) is 0 Å². The monoisotopic (exact) mass is 351 g/mol. The highest BCUT2D eigenvalue weighted by molar-refractivity contribution is 9.10. The highest BCUT2D eigenvalue weighted by Gasteiger charge is 2.11. The van der Waals surface area contributed by atoms with Gasteiger partial charge in [0, 0.05) is 17.7 Å². The van der Waals surface area contributed by atoms with Gasteiger partial charge in [-0.2, -0.15) is 0 Å². The maximum atomic E-state index is 14.2. The highest BCUT2D eigenvalue weighted by Crippen LogP contribution is 2.31. The van der Waals surface area contributed by atoms with Crippen LogP contribution in [0.3, 0.4) is 0 Å². The first-order chi connectivity index (χ1) is 10.2. The third-order valence-electron chi connectivity index (χ3n) is 3.29. The predicted molar refractivity (Wildman–Crippen MR) is 88.1 cm³/mol. The number of hydrogen-bond donors (Lipinski definition) is 1. The van der Waals surface area contributed by atoms with Gasteiger partial charge in [0.05, 0.1) is 11.6 Å². The smallest absolute Gasteiger partial charge is 0.145 e. The van der Waals surface area contributed by atoms with E-state index in [1.165, 1.54) is 0 Å². The zero-order valence-electron chi connectivity index (χ0n) is 12.2. The fourth-order valence-corrected chi connectivity index (χ4v) is 2.58. The van der Waals surface area contributed by atoms with Gasteiger partial charge in [0.15, 0.2) is 0 Å². The van der Waals surface area contributed by atoms with Crippen LogP contribution >= 0.6 is 15.9 Å². The van der Waals surface area contributed by atoms with E-state index in [1.807, 2.05) is 24.3 Å². The van der Waals surface area contributed by atoms with E-state index in [0.29, 0.717) is 16.6 Å². The average molecular weight is 352 g/mol. The maximum absolute atomic E-state index is 14.2. The van der Waals surface area contributed by atoms with Gasteiger partial charge in [-0.25, -0.2) is 4.39 Å². The first kappa shape index (κ1) is 16.0. The van der Waals surface area contributed by atoms with Crippen LogP contribution in [0.5, 0.6) is 5.75 Å². The molecule has 0 saturated carbocycles. The van der Waals surface area contributed by atoms with Gasteiger partial charge in [0.2, 0.25) is 0 Å². The van der Waals surface area contributed by atoms with Gasteiger partial charge in [-0.15, -0.1) is 0 Å². The fourth-order valence-electron chi connectivity index (χ4n) is 2.21. The van der Waals surface area contributed by atoms with Crippen molar-refractivity contribution in [3.8, 4) is 16.9 Å². The summed E-state index contributed by atoms with van der Waals surface area (Å²) in [5.74, 6) is 0.577. The Morgan fingerprint density at radius 2 is 2.05 bits per heavy atom. The first-order valence-corrected chi connectivity index (χ1v) is 7.78. The van der Waals surface area contributed by atoms with Gasteiger partial charge in [-0.1, -0.05) is 25.1 Å². The molecule has 2 aromatic carbocycles. The molecule has 112 valence electrons. The number of nitrogens with one attached hydrogen (secondary N) is 1. The largest absolute Gasteiger partial charge is 0.496 e. The van der Waals surface area contributed by atoms with Crippen LogP contribution in [0.4, 0.5) is 4.39 Å². The Morgan fingerprint density at radius 1 is 1.24 bits per heavy atom. The number of rotatable bonds is 6. The third-order valence-corrected chi connectivity index (χ3v) is 3.90. The van der Waals surface area contributed by atoms with E-state index in [9.17, 15) is 4.39 Å². The lowest BCUT2D eigenvalue weighted by atomic mass is 10.0. The molecule has 0 aromatic heterocycles. The van der Waals surface area contributed by atoms with Crippen molar-refractivity contribution < 1.29 is 9.13 Å². The second-order valence-electron chi connectivity index (χ2n) is 4.80. The lowest BCUT2D eigenvalue weighted by Gasteiger charge is -2.12. The lowest BCUT2D eigenvalue weighted by molar-refractivity contribution is 0.408. The van der Waals surface area contributed by atoms with Gasteiger partial charge in [0.25, 0.3) is 0 Å². The van der Waals surface area contributed by atoms with Crippen LogP contribution in [0, 0.1) is 5.82 Å². The van der Waals surface area contributed by atoms with Crippen molar-refractivity contribution in [1.29, 1.82) is 0 Å². The molecule has 0 aliphatic rings. The molecule has 2 nitrogen and oxygen atoms in total. The van der Waals surface area contributed by atoms with E-state index in [2.05, 4.69) is 28.2 Å². The van der Waals surface area contributed by atoms with Crippen LogP contribution in [0.2, 0.25) is 0 Å². The van der Waals surface area contributed by atoms with Crippen LogP contribution in [0.1, 0.15) is 18.9 Å². The number of methoxy groups -OCH3 is 1. The van der Waals surface area contributed by atoms with Crippen LogP contribution in [0.25, 0.3) is 11.1 Å². The molecular weight excluding hydrogens is 333 g/mol. The van der Waals surface area contributed by atoms with Gasteiger partial charge in [0.1, 0.15) is 11.6 Å².